The average molecular weight is 480 g/mol. The molecule has 1 aliphatic rings. The highest BCUT2D eigenvalue weighted by Crippen LogP contribution is 2.17. The molecule has 1 unspecified atom stereocenters. The normalized spacial score (nSPS) is 16.3. The Labute approximate surface area is 193 Å². The van der Waals surface area contributed by atoms with Crippen LogP contribution in [0.15, 0.2) is 52.3 Å². The summed E-state index contributed by atoms with van der Waals surface area (Å²) in [6.45, 7) is 4.80. The van der Waals surface area contributed by atoms with E-state index in [1.807, 2.05) is 0 Å². The van der Waals surface area contributed by atoms with Crippen LogP contribution in [0.4, 0.5) is 4.39 Å². The van der Waals surface area contributed by atoms with E-state index in [9.17, 15) is 22.4 Å². The number of hydrogen-bond donors (Lipinski definition) is 0. The maximum Gasteiger partial charge on any atom is 0.251 e. The molecule has 0 N–H and O–H groups in total. The lowest BCUT2D eigenvalue weighted by Crippen LogP contribution is -2.40. The zero-order valence-corrected chi connectivity index (χ0v) is 19.8. The number of carbonyl (C=O) groups excluding carboxylic acids is 1. The smallest absolute Gasteiger partial charge is 0.251 e. The monoisotopic (exact) mass is 479 g/mol. The van der Waals surface area contributed by atoms with E-state index in [2.05, 4.69) is 0 Å². The fourth-order valence-corrected chi connectivity index (χ4v) is 5.37. The topological polar surface area (TPSA) is 88.9 Å². The van der Waals surface area contributed by atoms with E-state index in [1.165, 1.54) is 33.6 Å². The van der Waals surface area contributed by atoms with E-state index in [0.717, 1.165) is 23.5 Å². The van der Waals surface area contributed by atoms with E-state index in [-0.39, 0.29) is 30.0 Å². The first kappa shape index (κ1) is 25.1. The second kappa shape index (κ2) is 11.0. The van der Waals surface area contributed by atoms with Crippen LogP contribution in [0.1, 0.15) is 32.3 Å². The van der Waals surface area contributed by atoms with Crippen molar-refractivity contribution in [3.63, 3.8) is 0 Å². The molecule has 2 aromatic rings. The van der Waals surface area contributed by atoms with Gasteiger partial charge in [-0.15, -0.1) is 0 Å². The molecule has 0 radical (unpaired) electrons. The van der Waals surface area contributed by atoms with Gasteiger partial charge in [-0.2, -0.15) is 4.31 Å². The number of carbonyl (C=O) groups is 1. The van der Waals surface area contributed by atoms with Gasteiger partial charge in [0.25, 0.3) is 5.56 Å². The maximum absolute atomic E-state index is 13.7. The van der Waals surface area contributed by atoms with Crippen LogP contribution < -0.4 is 5.56 Å². The van der Waals surface area contributed by atoms with Crippen molar-refractivity contribution < 1.29 is 22.3 Å². The first-order chi connectivity index (χ1) is 15.7. The summed E-state index contributed by atoms with van der Waals surface area (Å²) in [4.78, 5) is 27.1. The summed E-state index contributed by atoms with van der Waals surface area (Å²) in [5.41, 5.74) is 0.135. The number of hydrogen-bond acceptors (Lipinski definition) is 5. The quantitative estimate of drug-likeness (QED) is 0.521. The zero-order valence-electron chi connectivity index (χ0n) is 18.9. The fourth-order valence-electron chi connectivity index (χ4n) is 3.89. The van der Waals surface area contributed by atoms with Crippen molar-refractivity contribution >= 4 is 15.9 Å². The standard InChI is InChI=1S/C23H30FN3O5S/c1-3-27(4-2)33(30,31)21-10-11-22(28)26(16-21)17-23(29)25(15-20-9-6-12-32-20)14-18-7-5-8-19(24)13-18/h5,7-8,10-11,13,16,20H,3-4,6,9,12,14-15,17H2,1-2H3. The minimum Gasteiger partial charge on any atom is -0.376 e. The van der Waals surface area contributed by atoms with Crippen LogP contribution in [0.25, 0.3) is 0 Å². The predicted molar refractivity (Wildman–Crippen MR) is 122 cm³/mol. The lowest BCUT2D eigenvalue weighted by molar-refractivity contribution is -0.134. The number of aromatic nitrogens is 1. The molecule has 1 fully saturated rings. The highest BCUT2D eigenvalue weighted by Gasteiger charge is 2.25. The second-order valence-electron chi connectivity index (χ2n) is 7.96. The Bertz CT molecular complexity index is 1120. The Hall–Kier alpha value is -2.56. The van der Waals surface area contributed by atoms with Crippen molar-refractivity contribution in [3.8, 4) is 0 Å². The van der Waals surface area contributed by atoms with Gasteiger partial charge in [0.05, 0.1) is 11.0 Å². The number of pyridine rings is 1. The molecular weight excluding hydrogens is 449 g/mol. The lowest BCUT2D eigenvalue weighted by Gasteiger charge is -2.26. The number of rotatable bonds is 10. The third kappa shape index (κ3) is 6.27. The molecular formula is C23H30FN3O5S. The van der Waals surface area contributed by atoms with E-state index in [1.54, 1.807) is 26.0 Å². The lowest BCUT2D eigenvalue weighted by atomic mass is 10.1. The van der Waals surface area contributed by atoms with Gasteiger partial charge in [0.1, 0.15) is 12.4 Å². The Balaban J connectivity index is 1.85. The Morgan fingerprint density at radius 2 is 1.97 bits per heavy atom. The summed E-state index contributed by atoms with van der Waals surface area (Å²) in [6.07, 6.45) is 2.79. The molecule has 8 nitrogen and oxygen atoms in total. The van der Waals surface area contributed by atoms with Crippen LogP contribution >= 0.6 is 0 Å². The van der Waals surface area contributed by atoms with Gasteiger partial charge in [-0.05, 0) is 36.6 Å². The molecule has 1 aromatic carbocycles. The van der Waals surface area contributed by atoms with Crippen LogP contribution in [0.3, 0.4) is 0 Å². The summed E-state index contributed by atoms with van der Waals surface area (Å²) >= 11 is 0. The summed E-state index contributed by atoms with van der Waals surface area (Å²) in [5, 5.41) is 0. The molecule has 1 saturated heterocycles. The predicted octanol–water partition coefficient (Wildman–Crippen LogP) is 2.23. The van der Waals surface area contributed by atoms with Gasteiger partial charge in [-0.3, -0.25) is 9.59 Å². The number of halogens is 1. The summed E-state index contributed by atoms with van der Waals surface area (Å²) in [7, 11) is -3.78. The van der Waals surface area contributed by atoms with Gasteiger partial charge in [-0.25, -0.2) is 12.8 Å². The maximum atomic E-state index is 13.7. The van der Waals surface area contributed by atoms with Crippen LogP contribution in [0.5, 0.6) is 0 Å². The van der Waals surface area contributed by atoms with Crippen LogP contribution in [-0.4, -0.2) is 60.4 Å². The summed E-state index contributed by atoms with van der Waals surface area (Å²) < 4.78 is 47.4. The molecule has 0 bridgehead atoms. The van der Waals surface area contributed by atoms with Crippen molar-refractivity contribution in [2.45, 2.75) is 50.8 Å². The Morgan fingerprint density at radius 1 is 1.21 bits per heavy atom. The first-order valence-electron chi connectivity index (χ1n) is 11.1. The van der Waals surface area contributed by atoms with E-state index in [4.69, 9.17) is 4.74 Å². The van der Waals surface area contributed by atoms with Gasteiger partial charge in [0.2, 0.25) is 15.9 Å². The van der Waals surface area contributed by atoms with Crippen LogP contribution in [0, 0.1) is 5.82 Å². The Morgan fingerprint density at radius 3 is 2.61 bits per heavy atom. The van der Waals surface area contributed by atoms with Crippen LogP contribution in [0.2, 0.25) is 0 Å². The summed E-state index contributed by atoms with van der Waals surface area (Å²) in [6, 6.07) is 8.40. The van der Waals surface area contributed by atoms with Crippen molar-refractivity contribution in [2.24, 2.45) is 0 Å². The molecule has 3 rings (SSSR count). The highest BCUT2D eigenvalue weighted by atomic mass is 32.2. The number of benzene rings is 1. The molecule has 1 atom stereocenters. The minimum absolute atomic E-state index is 0.0468. The van der Waals surface area contributed by atoms with Crippen molar-refractivity contribution in [3.05, 3.63) is 64.3 Å². The highest BCUT2D eigenvalue weighted by molar-refractivity contribution is 7.89. The molecule has 2 heterocycles. The largest absolute Gasteiger partial charge is 0.376 e. The molecule has 1 amide bonds. The third-order valence-corrected chi connectivity index (χ3v) is 7.70. The fraction of sp³-hybridized carbons (Fsp3) is 0.478. The van der Waals surface area contributed by atoms with Crippen molar-refractivity contribution in [1.29, 1.82) is 0 Å². The molecule has 1 aromatic heterocycles. The first-order valence-corrected chi connectivity index (χ1v) is 12.5. The van der Waals surface area contributed by atoms with Gasteiger partial charge < -0.3 is 14.2 Å². The Kier molecular flexibility index (Phi) is 8.39. The number of amides is 1. The zero-order chi connectivity index (χ0) is 24.0. The third-order valence-electron chi connectivity index (χ3n) is 5.67. The molecule has 180 valence electrons. The molecule has 33 heavy (non-hydrogen) atoms. The number of nitrogens with zero attached hydrogens (tertiary/aromatic N) is 3. The molecule has 10 heteroatoms. The molecule has 1 aliphatic heterocycles. The number of sulfonamides is 1. The SMILES string of the molecule is CCN(CC)S(=O)(=O)c1ccc(=O)n(CC(=O)N(Cc2cccc(F)c2)CC2CCCO2)c1. The van der Waals surface area contributed by atoms with E-state index >= 15 is 0 Å². The minimum atomic E-state index is -3.78. The van der Waals surface area contributed by atoms with Gasteiger partial charge in [0.15, 0.2) is 0 Å². The van der Waals surface area contributed by atoms with E-state index in [0.29, 0.717) is 31.8 Å². The van der Waals surface area contributed by atoms with Crippen molar-refractivity contribution in [1.82, 2.24) is 13.8 Å². The second-order valence-corrected chi connectivity index (χ2v) is 9.90. The molecule has 0 aliphatic carbocycles. The van der Waals surface area contributed by atoms with Crippen molar-refractivity contribution in [2.75, 3.05) is 26.2 Å². The van der Waals surface area contributed by atoms with Crippen LogP contribution in [-0.2, 0) is 32.6 Å². The average Bonchev–Trinajstić information content (AvgIpc) is 3.28. The van der Waals surface area contributed by atoms with Gasteiger partial charge in [0, 0.05) is 45.0 Å². The van der Waals surface area contributed by atoms with Gasteiger partial charge in [-0.1, -0.05) is 26.0 Å². The molecule has 0 saturated carbocycles. The van der Waals surface area contributed by atoms with Gasteiger partial charge >= 0.3 is 0 Å². The summed E-state index contributed by atoms with van der Waals surface area (Å²) in [5.74, 6) is -0.781. The van der Waals surface area contributed by atoms with E-state index < -0.39 is 21.4 Å². The molecule has 0 spiro atoms. The number of ether oxygens (including phenoxy) is 1.